The minimum atomic E-state index is -4.42. The summed E-state index contributed by atoms with van der Waals surface area (Å²) in [4.78, 5) is 30.3. The first-order valence-corrected chi connectivity index (χ1v) is 8.86. The van der Waals surface area contributed by atoms with E-state index >= 15 is 0 Å². The fourth-order valence-corrected chi connectivity index (χ4v) is 2.73. The summed E-state index contributed by atoms with van der Waals surface area (Å²) in [6.45, 7) is 1.99. The summed E-state index contributed by atoms with van der Waals surface area (Å²) in [6.07, 6.45) is -2.02. The average molecular weight is 414 g/mol. The van der Waals surface area contributed by atoms with Gasteiger partial charge in [0, 0.05) is 19.4 Å². The summed E-state index contributed by atoms with van der Waals surface area (Å²) in [6, 6.07) is 4.38. The Bertz CT molecular complexity index is 864. The fourth-order valence-electron chi connectivity index (χ4n) is 2.73. The molecule has 2 amide bonds. The first-order chi connectivity index (χ1) is 13.5. The molecule has 0 aliphatic heterocycles. The number of aromatic nitrogens is 2. The lowest BCUT2D eigenvalue weighted by Gasteiger charge is -2.27. The maximum Gasteiger partial charge on any atom is 0.406 e. The first kappa shape index (κ1) is 22.4. The van der Waals surface area contributed by atoms with Crippen molar-refractivity contribution in [2.24, 2.45) is 5.92 Å². The molecule has 158 valence electrons. The third kappa shape index (κ3) is 6.03. The third-order valence-corrected chi connectivity index (χ3v) is 4.24. The minimum absolute atomic E-state index is 0.0566. The van der Waals surface area contributed by atoms with E-state index in [4.69, 9.17) is 0 Å². The van der Waals surface area contributed by atoms with Gasteiger partial charge in [0.1, 0.15) is 24.2 Å². The molecule has 6 nitrogen and oxygen atoms in total. The fraction of sp³-hybridized carbons (Fsp3) is 0.421. The summed E-state index contributed by atoms with van der Waals surface area (Å²) in [5.74, 6) is -2.27. The Hall–Kier alpha value is -2.91. The molecular weight excluding hydrogens is 392 g/mol. The summed E-state index contributed by atoms with van der Waals surface area (Å²) < 4.78 is 52.7. The second-order valence-electron chi connectivity index (χ2n) is 6.96. The lowest BCUT2D eigenvalue weighted by atomic mass is 10.0. The number of carbonyl (C=O) groups excluding carboxylic acids is 2. The molecule has 0 radical (unpaired) electrons. The highest BCUT2D eigenvalue weighted by molar-refractivity contribution is 5.97. The summed E-state index contributed by atoms with van der Waals surface area (Å²) in [5.41, 5.74) is -0.200. The number of benzene rings is 1. The number of nitrogens with zero attached hydrogens (tertiary/aromatic N) is 3. The Morgan fingerprint density at radius 2 is 1.90 bits per heavy atom. The highest BCUT2D eigenvalue weighted by Gasteiger charge is 2.31. The Morgan fingerprint density at radius 1 is 1.24 bits per heavy atom. The highest BCUT2D eigenvalue weighted by atomic mass is 19.4. The quantitative estimate of drug-likeness (QED) is 0.709. The normalized spacial score (nSPS) is 12.7. The largest absolute Gasteiger partial charge is 0.406 e. The van der Waals surface area contributed by atoms with Gasteiger partial charge in [-0.15, -0.1) is 0 Å². The van der Waals surface area contributed by atoms with Gasteiger partial charge in [0.15, 0.2) is 0 Å². The number of likely N-dealkylation sites (N-methyl/N-ethyl adjacent to an activating group) is 1. The van der Waals surface area contributed by atoms with E-state index < -0.39 is 36.4 Å². The number of hydrogen-bond acceptors (Lipinski definition) is 3. The number of amides is 2. The van der Waals surface area contributed by atoms with Crippen LogP contribution in [0.25, 0.3) is 0 Å². The van der Waals surface area contributed by atoms with Gasteiger partial charge in [-0.3, -0.25) is 9.59 Å². The van der Waals surface area contributed by atoms with Crippen molar-refractivity contribution in [2.45, 2.75) is 39.2 Å². The lowest BCUT2D eigenvalue weighted by Crippen LogP contribution is -2.50. The van der Waals surface area contributed by atoms with Crippen LogP contribution >= 0.6 is 0 Å². The molecule has 0 spiro atoms. The Morgan fingerprint density at radius 3 is 2.48 bits per heavy atom. The van der Waals surface area contributed by atoms with Crippen molar-refractivity contribution < 1.29 is 27.2 Å². The van der Waals surface area contributed by atoms with Crippen LogP contribution in [0, 0.1) is 11.7 Å². The van der Waals surface area contributed by atoms with E-state index in [0.717, 1.165) is 10.6 Å². The van der Waals surface area contributed by atoms with Crippen molar-refractivity contribution in [1.82, 2.24) is 19.8 Å². The minimum Gasteiger partial charge on any atom is -0.340 e. The summed E-state index contributed by atoms with van der Waals surface area (Å²) in [7, 11) is 1.40. The van der Waals surface area contributed by atoms with Gasteiger partial charge >= 0.3 is 6.18 Å². The molecule has 0 aliphatic carbocycles. The van der Waals surface area contributed by atoms with E-state index in [1.807, 2.05) is 0 Å². The molecule has 1 unspecified atom stereocenters. The van der Waals surface area contributed by atoms with Crippen molar-refractivity contribution in [3.8, 4) is 0 Å². The molecular formula is C19H22F4N4O2. The summed E-state index contributed by atoms with van der Waals surface area (Å²) >= 11 is 0. The molecule has 1 heterocycles. The van der Waals surface area contributed by atoms with Crippen molar-refractivity contribution >= 4 is 11.8 Å². The maximum atomic E-state index is 13.8. The predicted molar refractivity (Wildman–Crippen MR) is 97.2 cm³/mol. The average Bonchev–Trinajstić information content (AvgIpc) is 3.03. The zero-order chi connectivity index (χ0) is 21.8. The van der Waals surface area contributed by atoms with Gasteiger partial charge in [-0.25, -0.2) is 9.37 Å². The van der Waals surface area contributed by atoms with Crippen LogP contribution in [-0.2, 0) is 17.9 Å². The highest BCUT2D eigenvalue weighted by Crippen LogP contribution is 2.19. The topological polar surface area (TPSA) is 67.2 Å². The molecule has 0 bridgehead atoms. The molecule has 29 heavy (non-hydrogen) atoms. The van der Waals surface area contributed by atoms with Gasteiger partial charge in [-0.1, -0.05) is 26.0 Å². The van der Waals surface area contributed by atoms with Crippen LogP contribution in [0.4, 0.5) is 17.6 Å². The van der Waals surface area contributed by atoms with Crippen LogP contribution in [0.5, 0.6) is 0 Å². The van der Waals surface area contributed by atoms with E-state index in [9.17, 15) is 27.2 Å². The standard InChI is InChI=1S/C19H22F4N4O2/c1-12(2)16(25-17(28)13-6-4-5-7-14(13)20)18(29)26(3)10-15-24-8-9-27(15)11-19(21,22)23/h4-9,12,16H,10-11H2,1-3H3,(H,25,28). The molecule has 2 rings (SSSR count). The van der Waals surface area contributed by atoms with E-state index in [1.54, 1.807) is 13.8 Å². The number of alkyl halides is 3. The number of imidazole rings is 1. The second-order valence-corrected chi connectivity index (χ2v) is 6.96. The van der Waals surface area contributed by atoms with Crippen LogP contribution in [0.2, 0.25) is 0 Å². The Labute approximate surface area is 165 Å². The van der Waals surface area contributed by atoms with Gasteiger partial charge in [0.05, 0.1) is 12.1 Å². The monoisotopic (exact) mass is 414 g/mol. The predicted octanol–water partition coefficient (Wildman–Crippen LogP) is 3.00. The molecule has 0 fully saturated rings. The van der Waals surface area contributed by atoms with Crippen molar-refractivity contribution in [1.29, 1.82) is 0 Å². The smallest absolute Gasteiger partial charge is 0.340 e. The lowest BCUT2D eigenvalue weighted by molar-refractivity contribution is -0.141. The molecule has 0 saturated carbocycles. The van der Waals surface area contributed by atoms with Gasteiger partial charge in [0.2, 0.25) is 5.91 Å². The SMILES string of the molecule is CC(C)C(NC(=O)c1ccccc1F)C(=O)N(C)Cc1nccn1CC(F)(F)F. The number of rotatable bonds is 7. The third-order valence-electron chi connectivity index (χ3n) is 4.24. The van der Waals surface area contributed by atoms with E-state index in [2.05, 4.69) is 10.3 Å². The molecule has 1 aromatic heterocycles. The van der Waals surface area contributed by atoms with E-state index in [1.165, 1.54) is 42.5 Å². The van der Waals surface area contributed by atoms with Crippen LogP contribution in [0.15, 0.2) is 36.7 Å². The van der Waals surface area contributed by atoms with Crippen LogP contribution in [0.3, 0.4) is 0 Å². The summed E-state index contributed by atoms with van der Waals surface area (Å²) in [5, 5.41) is 2.51. The van der Waals surface area contributed by atoms with E-state index in [0.29, 0.717) is 0 Å². The second kappa shape index (κ2) is 9.06. The molecule has 10 heteroatoms. The molecule has 1 atom stereocenters. The van der Waals surface area contributed by atoms with Gasteiger partial charge in [-0.2, -0.15) is 13.2 Å². The maximum absolute atomic E-state index is 13.8. The van der Waals surface area contributed by atoms with Crippen molar-refractivity contribution in [3.05, 3.63) is 53.9 Å². The molecule has 1 N–H and O–H groups in total. The van der Waals surface area contributed by atoms with Gasteiger partial charge < -0.3 is 14.8 Å². The number of nitrogens with one attached hydrogen (secondary N) is 1. The number of hydrogen-bond donors (Lipinski definition) is 1. The first-order valence-electron chi connectivity index (χ1n) is 8.86. The zero-order valence-corrected chi connectivity index (χ0v) is 16.2. The molecule has 2 aromatic rings. The van der Waals surface area contributed by atoms with Gasteiger partial charge in [-0.05, 0) is 18.1 Å². The van der Waals surface area contributed by atoms with Crippen LogP contribution in [0.1, 0.15) is 30.0 Å². The van der Waals surface area contributed by atoms with Crippen molar-refractivity contribution in [2.75, 3.05) is 7.05 Å². The molecule has 0 aliphatic rings. The van der Waals surface area contributed by atoms with Crippen molar-refractivity contribution in [3.63, 3.8) is 0 Å². The Kier molecular flexibility index (Phi) is 6.99. The number of carbonyl (C=O) groups is 2. The van der Waals surface area contributed by atoms with Crippen LogP contribution in [-0.4, -0.2) is 45.5 Å². The number of halogens is 4. The molecule has 0 saturated heterocycles. The zero-order valence-electron chi connectivity index (χ0n) is 16.2. The Balaban J connectivity index is 2.12. The molecule has 1 aromatic carbocycles. The van der Waals surface area contributed by atoms with Crippen LogP contribution < -0.4 is 5.32 Å². The van der Waals surface area contributed by atoms with Gasteiger partial charge in [0.25, 0.3) is 5.91 Å². The van der Waals surface area contributed by atoms with E-state index in [-0.39, 0.29) is 23.9 Å².